The Morgan fingerprint density at radius 2 is 0.449 bits per heavy atom. The maximum Gasteiger partial charge on any atom is 0.472 e. The molecule has 0 saturated heterocycles. The van der Waals surface area contributed by atoms with Gasteiger partial charge in [0.15, 0.2) is 12.2 Å². The first-order valence-electron chi connectivity index (χ1n) is 45.3. The van der Waals surface area contributed by atoms with E-state index < -0.39 is 97.5 Å². The van der Waals surface area contributed by atoms with Crippen molar-refractivity contribution in [2.45, 2.75) is 478 Å². The number of hydrogen-bond acceptors (Lipinski definition) is 15. The van der Waals surface area contributed by atoms with Gasteiger partial charge in [0.05, 0.1) is 26.4 Å². The SMILES string of the molecule is CCC(C)CCCCCCCCCCCCCCCCCCCCC(=O)O[C@H](COC(=O)CCCCCCCCCCCCCCCCC(C)CC)COP(=O)(O)OC[C@@H](O)COP(=O)(O)OC[C@@H](COC(=O)CCCCCCCCCCCCC(C)C)OC(=O)CCCCCCCCCCCCC(C)CC. The molecular formula is C88H172O17P2. The average Bonchev–Trinajstić information content (AvgIpc) is 0.900. The van der Waals surface area contributed by atoms with Crippen LogP contribution in [0.25, 0.3) is 0 Å². The van der Waals surface area contributed by atoms with Gasteiger partial charge in [-0.25, -0.2) is 9.13 Å². The van der Waals surface area contributed by atoms with Crippen LogP contribution in [0, 0.1) is 23.7 Å². The van der Waals surface area contributed by atoms with Crippen LogP contribution in [0.15, 0.2) is 0 Å². The molecule has 107 heavy (non-hydrogen) atoms. The van der Waals surface area contributed by atoms with E-state index in [1.807, 2.05) is 0 Å². The first-order valence-corrected chi connectivity index (χ1v) is 48.3. The van der Waals surface area contributed by atoms with E-state index in [4.69, 9.17) is 37.0 Å². The van der Waals surface area contributed by atoms with Gasteiger partial charge >= 0.3 is 39.5 Å². The van der Waals surface area contributed by atoms with Gasteiger partial charge in [-0.05, 0) is 49.4 Å². The topological polar surface area (TPSA) is 237 Å². The molecule has 0 aromatic carbocycles. The van der Waals surface area contributed by atoms with Gasteiger partial charge in [-0.3, -0.25) is 37.3 Å². The molecule has 0 bridgehead atoms. The number of esters is 4. The molecular weight excluding hydrogens is 1390 g/mol. The van der Waals surface area contributed by atoms with Crippen LogP contribution in [0.1, 0.15) is 460 Å². The molecule has 636 valence electrons. The number of carbonyl (C=O) groups excluding carboxylic acids is 4. The summed E-state index contributed by atoms with van der Waals surface area (Å²) < 4.78 is 69.0. The first kappa shape index (κ1) is 105. The van der Waals surface area contributed by atoms with Gasteiger partial charge in [-0.2, -0.15) is 0 Å². The highest BCUT2D eigenvalue weighted by atomic mass is 31.2. The van der Waals surface area contributed by atoms with Crippen LogP contribution in [-0.2, 0) is 65.4 Å². The van der Waals surface area contributed by atoms with Gasteiger partial charge in [0.1, 0.15) is 19.3 Å². The number of rotatable bonds is 85. The van der Waals surface area contributed by atoms with Crippen molar-refractivity contribution >= 4 is 39.5 Å². The summed E-state index contributed by atoms with van der Waals surface area (Å²) in [7, 11) is -9.93. The van der Waals surface area contributed by atoms with Crippen LogP contribution in [-0.4, -0.2) is 96.7 Å². The Bertz CT molecular complexity index is 2080. The lowest BCUT2D eigenvalue weighted by Crippen LogP contribution is -2.30. The second-order valence-corrected chi connectivity index (χ2v) is 35.7. The summed E-state index contributed by atoms with van der Waals surface area (Å²) in [6.07, 6.45) is 66.4. The van der Waals surface area contributed by atoms with E-state index in [1.165, 1.54) is 263 Å². The number of aliphatic hydroxyl groups is 1. The van der Waals surface area contributed by atoms with Crippen molar-refractivity contribution in [2.75, 3.05) is 39.6 Å². The highest BCUT2D eigenvalue weighted by molar-refractivity contribution is 7.47. The molecule has 3 N–H and O–H groups in total. The Hall–Kier alpha value is -1.94. The van der Waals surface area contributed by atoms with Crippen molar-refractivity contribution in [2.24, 2.45) is 23.7 Å². The number of ether oxygens (including phenoxy) is 4. The zero-order chi connectivity index (χ0) is 78.8. The molecule has 0 rings (SSSR count). The Labute approximate surface area is 658 Å². The number of aliphatic hydroxyl groups excluding tert-OH is 1. The van der Waals surface area contributed by atoms with Crippen molar-refractivity contribution in [3.63, 3.8) is 0 Å². The van der Waals surface area contributed by atoms with Gasteiger partial charge < -0.3 is 33.8 Å². The Morgan fingerprint density at radius 3 is 0.664 bits per heavy atom. The number of phosphoric ester groups is 2. The molecule has 19 heteroatoms. The lowest BCUT2D eigenvalue weighted by Gasteiger charge is -2.21. The summed E-state index contributed by atoms with van der Waals surface area (Å²) in [5.41, 5.74) is 0. The summed E-state index contributed by atoms with van der Waals surface area (Å²) in [5.74, 6) is 1.18. The van der Waals surface area contributed by atoms with Gasteiger partial charge in [-0.1, -0.05) is 409 Å². The molecule has 0 fully saturated rings. The van der Waals surface area contributed by atoms with Gasteiger partial charge in [0.2, 0.25) is 0 Å². The highest BCUT2D eigenvalue weighted by Gasteiger charge is 2.31. The smallest absolute Gasteiger partial charge is 0.462 e. The van der Waals surface area contributed by atoms with E-state index in [-0.39, 0.29) is 25.7 Å². The van der Waals surface area contributed by atoms with Crippen molar-refractivity contribution in [3.05, 3.63) is 0 Å². The van der Waals surface area contributed by atoms with Crippen LogP contribution in [0.5, 0.6) is 0 Å². The molecule has 0 aliphatic rings. The van der Waals surface area contributed by atoms with Crippen LogP contribution in [0.3, 0.4) is 0 Å². The monoisotopic (exact) mass is 1560 g/mol. The minimum absolute atomic E-state index is 0.106. The molecule has 0 aliphatic carbocycles. The zero-order valence-corrected chi connectivity index (χ0v) is 72.6. The molecule has 0 saturated carbocycles. The maximum atomic E-state index is 13.2. The summed E-state index contributed by atoms with van der Waals surface area (Å²) in [5, 5.41) is 10.7. The highest BCUT2D eigenvalue weighted by Crippen LogP contribution is 2.45. The molecule has 8 atom stereocenters. The number of carbonyl (C=O) groups is 4. The van der Waals surface area contributed by atoms with E-state index in [1.54, 1.807) is 0 Å². The largest absolute Gasteiger partial charge is 0.472 e. The normalized spacial score (nSPS) is 14.7. The minimum Gasteiger partial charge on any atom is -0.462 e. The second-order valence-electron chi connectivity index (χ2n) is 32.8. The molecule has 5 unspecified atom stereocenters. The summed E-state index contributed by atoms with van der Waals surface area (Å²) in [4.78, 5) is 73.3. The molecule has 0 aromatic heterocycles. The third kappa shape index (κ3) is 77.8. The fourth-order valence-corrected chi connectivity index (χ4v) is 15.2. The molecule has 0 spiro atoms. The van der Waals surface area contributed by atoms with Crippen LogP contribution in [0.2, 0.25) is 0 Å². The third-order valence-corrected chi connectivity index (χ3v) is 23.6. The molecule has 0 radical (unpaired) electrons. The second kappa shape index (κ2) is 76.7. The van der Waals surface area contributed by atoms with E-state index in [0.29, 0.717) is 25.7 Å². The van der Waals surface area contributed by atoms with Gasteiger partial charge in [0, 0.05) is 25.7 Å². The molecule has 17 nitrogen and oxygen atoms in total. The predicted molar refractivity (Wildman–Crippen MR) is 441 cm³/mol. The number of unbranched alkanes of at least 4 members (excludes halogenated alkanes) is 48. The average molecular weight is 1560 g/mol. The van der Waals surface area contributed by atoms with Crippen molar-refractivity contribution in [1.82, 2.24) is 0 Å². The Balaban J connectivity index is 5.26. The standard InChI is InChI=1S/C88H172O17P2/c1-9-79(6)65-57-49-41-33-24-20-16-14-12-13-15-17-23-27-38-46-54-62-70-87(92)104-83(74-98-85(90)68-60-52-44-36-26-22-19-18-21-25-34-42-50-58-66-80(7)10-2)76-102-106(94,95)100-72-82(89)73-101-107(96,97)103-77-84(75-99-86(91)69-61-53-45-37-30-28-32-40-48-56-64-78(4)5)105-88(93)71-63-55-47-39-31-29-35-43-51-59-67-81(8)11-3/h78-84,89H,9-77H2,1-8H3,(H,94,95)(H,96,97)/t79?,80?,81?,82-,83-,84-/m1/s1. The van der Waals surface area contributed by atoms with Gasteiger partial charge in [0.25, 0.3) is 0 Å². The maximum absolute atomic E-state index is 13.2. The lowest BCUT2D eigenvalue weighted by atomic mass is 9.99. The molecule has 0 heterocycles. The fraction of sp³-hybridized carbons (Fsp3) is 0.955. The van der Waals surface area contributed by atoms with E-state index >= 15 is 0 Å². The lowest BCUT2D eigenvalue weighted by molar-refractivity contribution is -0.161. The zero-order valence-electron chi connectivity index (χ0n) is 70.8. The van der Waals surface area contributed by atoms with Crippen molar-refractivity contribution in [3.8, 4) is 0 Å². The Morgan fingerprint density at radius 1 is 0.262 bits per heavy atom. The van der Waals surface area contributed by atoms with E-state index in [9.17, 15) is 43.2 Å². The summed E-state index contributed by atoms with van der Waals surface area (Å²) in [6, 6.07) is 0. The Kier molecular flexibility index (Phi) is 75.3. The van der Waals surface area contributed by atoms with Crippen molar-refractivity contribution < 1.29 is 80.2 Å². The minimum atomic E-state index is -4.97. The van der Waals surface area contributed by atoms with Gasteiger partial charge in [-0.15, -0.1) is 0 Å². The van der Waals surface area contributed by atoms with Crippen LogP contribution in [0.4, 0.5) is 0 Å². The molecule has 0 aliphatic heterocycles. The third-order valence-electron chi connectivity index (χ3n) is 21.7. The fourth-order valence-electron chi connectivity index (χ4n) is 13.6. The van der Waals surface area contributed by atoms with Crippen LogP contribution >= 0.6 is 15.6 Å². The summed E-state index contributed by atoms with van der Waals surface area (Å²) in [6.45, 7) is 14.4. The first-order chi connectivity index (χ1) is 51.7. The number of hydrogen-bond donors (Lipinski definition) is 3. The van der Waals surface area contributed by atoms with E-state index in [2.05, 4.69) is 55.4 Å². The predicted octanol–water partition coefficient (Wildman–Crippen LogP) is 26.7. The quantitative estimate of drug-likeness (QED) is 0.0222. The number of phosphoric acid groups is 2. The van der Waals surface area contributed by atoms with E-state index in [0.717, 1.165) is 114 Å². The van der Waals surface area contributed by atoms with Crippen molar-refractivity contribution in [1.29, 1.82) is 0 Å². The molecule has 0 aromatic rings. The summed E-state index contributed by atoms with van der Waals surface area (Å²) >= 11 is 0. The molecule has 0 amide bonds. The van der Waals surface area contributed by atoms with Crippen LogP contribution < -0.4 is 0 Å².